The number of aliphatic hydroxyl groups excluding tert-OH is 1. The number of benzene rings is 1. The molecule has 0 saturated heterocycles. The quantitative estimate of drug-likeness (QED) is 0.837. The lowest BCUT2D eigenvalue weighted by atomic mass is 9.97. The molecule has 0 aromatic heterocycles. The molecule has 2 N–H and O–H groups in total. The monoisotopic (exact) mass is 249 g/mol. The van der Waals surface area contributed by atoms with Crippen molar-refractivity contribution < 1.29 is 9.84 Å². The molecule has 18 heavy (non-hydrogen) atoms. The molecule has 1 aliphatic heterocycles. The third-order valence-corrected chi connectivity index (χ3v) is 3.66. The van der Waals surface area contributed by atoms with Crippen LogP contribution >= 0.6 is 0 Å². The Kier molecular flexibility index (Phi) is 4.75. The minimum absolute atomic E-state index is 0.114. The van der Waals surface area contributed by atoms with Crippen LogP contribution in [-0.2, 0) is 11.2 Å². The summed E-state index contributed by atoms with van der Waals surface area (Å²) in [4.78, 5) is 0. The summed E-state index contributed by atoms with van der Waals surface area (Å²) in [6.07, 6.45) is 1.11. The van der Waals surface area contributed by atoms with Gasteiger partial charge in [0.1, 0.15) is 0 Å². The highest BCUT2D eigenvalue weighted by molar-refractivity contribution is 5.31. The predicted molar refractivity (Wildman–Crippen MR) is 72.6 cm³/mol. The SMILES string of the molecule is CC(C)[C@@H](CO)NCC1OCCc2ccccc21. The first-order valence-electron chi connectivity index (χ1n) is 6.76. The fourth-order valence-electron chi connectivity index (χ4n) is 2.42. The Morgan fingerprint density at radius 1 is 1.39 bits per heavy atom. The summed E-state index contributed by atoms with van der Waals surface area (Å²) < 4.78 is 5.83. The minimum Gasteiger partial charge on any atom is -0.395 e. The van der Waals surface area contributed by atoms with Crippen LogP contribution in [-0.4, -0.2) is 30.9 Å². The number of ether oxygens (including phenoxy) is 1. The lowest BCUT2D eigenvalue weighted by Gasteiger charge is -2.29. The first-order valence-corrected chi connectivity index (χ1v) is 6.76. The van der Waals surface area contributed by atoms with Crippen molar-refractivity contribution in [2.24, 2.45) is 5.92 Å². The molecule has 1 heterocycles. The van der Waals surface area contributed by atoms with Gasteiger partial charge in [0, 0.05) is 12.6 Å². The van der Waals surface area contributed by atoms with Crippen LogP contribution in [0.5, 0.6) is 0 Å². The molecule has 3 nitrogen and oxygen atoms in total. The summed E-state index contributed by atoms with van der Waals surface area (Å²) in [7, 11) is 0. The van der Waals surface area contributed by atoms with Crippen LogP contribution in [0.3, 0.4) is 0 Å². The maximum atomic E-state index is 9.32. The number of hydrogen-bond donors (Lipinski definition) is 2. The highest BCUT2D eigenvalue weighted by Crippen LogP contribution is 2.26. The van der Waals surface area contributed by atoms with Crippen molar-refractivity contribution in [2.45, 2.75) is 32.4 Å². The normalized spacial score (nSPS) is 20.8. The highest BCUT2D eigenvalue weighted by Gasteiger charge is 2.21. The first-order chi connectivity index (χ1) is 8.72. The van der Waals surface area contributed by atoms with E-state index < -0.39 is 0 Å². The molecular formula is C15H23NO2. The molecule has 0 spiro atoms. The van der Waals surface area contributed by atoms with Crippen LogP contribution < -0.4 is 5.32 Å². The molecule has 2 rings (SSSR count). The molecule has 1 aromatic carbocycles. The lowest BCUT2D eigenvalue weighted by molar-refractivity contribution is 0.0374. The smallest absolute Gasteiger partial charge is 0.0952 e. The van der Waals surface area contributed by atoms with Gasteiger partial charge in [0.05, 0.1) is 19.3 Å². The van der Waals surface area contributed by atoms with Gasteiger partial charge < -0.3 is 15.2 Å². The van der Waals surface area contributed by atoms with Crippen LogP contribution in [0.25, 0.3) is 0 Å². The van der Waals surface area contributed by atoms with Gasteiger partial charge in [0.25, 0.3) is 0 Å². The molecular weight excluding hydrogens is 226 g/mol. The van der Waals surface area contributed by atoms with E-state index in [1.54, 1.807) is 0 Å². The summed E-state index contributed by atoms with van der Waals surface area (Å²) in [5.41, 5.74) is 2.68. The fourth-order valence-corrected chi connectivity index (χ4v) is 2.42. The van der Waals surface area contributed by atoms with Gasteiger partial charge in [0.15, 0.2) is 0 Å². The highest BCUT2D eigenvalue weighted by atomic mass is 16.5. The third-order valence-electron chi connectivity index (χ3n) is 3.66. The van der Waals surface area contributed by atoms with E-state index in [1.165, 1.54) is 11.1 Å². The maximum Gasteiger partial charge on any atom is 0.0952 e. The van der Waals surface area contributed by atoms with E-state index in [0.717, 1.165) is 19.6 Å². The molecule has 0 saturated carbocycles. The molecule has 0 fully saturated rings. The van der Waals surface area contributed by atoms with E-state index >= 15 is 0 Å². The molecule has 1 aliphatic rings. The van der Waals surface area contributed by atoms with Crippen molar-refractivity contribution >= 4 is 0 Å². The Morgan fingerprint density at radius 3 is 2.89 bits per heavy atom. The van der Waals surface area contributed by atoms with Gasteiger partial charge in [-0.3, -0.25) is 0 Å². The number of rotatable bonds is 5. The van der Waals surface area contributed by atoms with Gasteiger partial charge >= 0.3 is 0 Å². The van der Waals surface area contributed by atoms with E-state index in [2.05, 4.69) is 43.4 Å². The molecule has 0 amide bonds. The van der Waals surface area contributed by atoms with Crippen LogP contribution in [0.15, 0.2) is 24.3 Å². The standard InChI is InChI=1S/C15H23NO2/c1-11(2)14(10-17)16-9-15-13-6-4-3-5-12(13)7-8-18-15/h3-6,11,14-17H,7-10H2,1-2H3/t14-,15?/m1/s1. The van der Waals surface area contributed by atoms with E-state index in [1.807, 2.05) is 0 Å². The second kappa shape index (κ2) is 6.32. The van der Waals surface area contributed by atoms with Gasteiger partial charge in [-0.05, 0) is 23.5 Å². The molecule has 1 unspecified atom stereocenters. The summed E-state index contributed by atoms with van der Waals surface area (Å²) in [6.45, 7) is 5.95. The second-order valence-corrected chi connectivity index (χ2v) is 5.25. The minimum atomic E-state index is 0.114. The Morgan fingerprint density at radius 2 is 2.17 bits per heavy atom. The van der Waals surface area contributed by atoms with E-state index in [-0.39, 0.29) is 18.8 Å². The van der Waals surface area contributed by atoms with Gasteiger partial charge in [-0.25, -0.2) is 0 Å². The van der Waals surface area contributed by atoms with E-state index in [9.17, 15) is 5.11 Å². The zero-order valence-electron chi connectivity index (χ0n) is 11.2. The van der Waals surface area contributed by atoms with Crippen LogP contribution in [0.2, 0.25) is 0 Å². The van der Waals surface area contributed by atoms with Crippen molar-refractivity contribution in [1.82, 2.24) is 5.32 Å². The summed E-state index contributed by atoms with van der Waals surface area (Å²) in [5, 5.41) is 12.7. The number of hydrogen-bond acceptors (Lipinski definition) is 3. The molecule has 0 radical (unpaired) electrons. The lowest BCUT2D eigenvalue weighted by Crippen LogP contribution is -2.40. The van der Waals surface area contributed by atoms with Gasteiger partial charge in [0.2, 0.25) is 0 Å². The molecule has 0 aliphatic carbocycles. The van der Waals surface area contributed by atoms with E-state index in [4.69, 9.17) is 4.74 Å². The van der Waals surface area contributed by atoms with Gasteiger partial charge in [-0.15, -0.1) is 0 Å². The summed E-state index contributed by atoms with van der Waals surface area (Å²) in [6, 6.07) is 8.61. The number of fused-ring (bicyclic) bond motifs is 1. The van der Waals surface area contributed by atoms with Crippen molar-refractivity contribution in [3.05, 3.63) is 35.4 Å². The Bertz CT molecular complexity index is 379. The van der Waals surface area contributed by atoms with Crippen LogP contribution in [0.1, 0.15) is 31.1 Å². The third kappa shape index (κ3) is 3.10. The van der Waals surface area contributed by atoms with Crippen molar-refractivity contribution in [3.8, 4) is 0 Å². The van der Waals surface area contributed by atoms with Crippen molar-refractivity contribution in [3.63, 3.8) is 0 Å². The molecule has 1 aromatic rings. The number of nitrogens with one attached hydrogen (secondary N) is 1. The van der Waals surface area contributed by atoms with Crippen LogP contribution in [0.4, 0.5) is 0 Å². The maximum absolute atomic E-state index is 9.32. The predicted octanol–water partition coefficient (Wildman–Crippen LogP) is 1.91. The summed E-state index contributed by atoms with van der Waals surface area (Å²) in [5.74, 6) is 0.425. The van der Waals surface area contributed by atoms with Crippen LogP contribution in [0, 0.1) is 5.92 Å². The molecule has 0 bridgehead atoms. The first kappa shape index (κ1) is 13.5. The van der Waals surface area contributed by atoms with Gasteiger partial charge in [-0.2, -0.15) is 0 Å². The summed E-state index contributed by atoms with van der Waals surface area (Å²) >= 11 is 0. The topological polar surface area (TPSA) is 41.5 Å². The average Bonchev–Trinajstić information content (AvgIpc) is 2.39. The zero-order chi connectivity index (χ0) is 13.0. The van der Waals surface area contributed by atoms with Gasteiger partial charge in [-0.1, -0.05) is 38.1 Å². The van der Waals surface area contributed by atoms with Crippen molar-refractivity contribution in [2.75, 3.05) is 19.8 Å². The molecule has 2 atom stereocenters. The second-order valence-electron chi connectivity index (χ2n) is 5.25. The van der Waals surface area contributed by atoms with Crippen molar-refractivity contribution in [1.29, 1.82) is 0 Å². The average molecular weight is 249 g/mol. The Balaban J connectivity index is 1.99. The Labute approximate surface area is 109 Å². The Hall–Kier alpha value is -0.900. The fraction of sp³-hybridized carbons (Fsp3) is 0.600. The number of aliphatic hydroxyl groups is 1. The zero-order valence-corrected chi connectivity index (χ0v) is 11.2. The largest absolute Gasteiger partial charge is 0.395 e. The van der Waals surface area contributed by atoms with E-state index in [0.29, 0.717) is 5.92 Å². The molecule has 3 heteroatoms. The molecule has 100 valence electrons.